The van der Waals surface area contributed by atoms with E-state index in [1.165, 1.54) is 220 Å². The predicted octanol–water partition coefficient (Wildman–Crippen LogP) is 24.0. The van der Waals surface area contributed by atoms with Crippen LogP contribution in [0.15, 0.2) is 121 Å². The fraction of sp³-hybridized carbons (Fsp3) is 0.315. The van der Waals surface area contributed by atoms with Crippen LogP contribution in [0.2, 0.25) is 0 Å². The highest BCUT2D eigenvalue weighted by molar-refractivity contribution is 5.96. The Morgan fingerprint density at radius 1 is 0.296 bits per heavy atom. The summed E-state index contributed by atoms with van der Waals surface area (Å²) in [4.78, 5) is 18.6. The molecule has 0 amide bonds. The van der Waals surface area contributed by atoms with Gasteiger partial charge in [0.1, 0.15) is 0 Å². The van der Waals surface area contributed by atoms with Gasteiger partial charge in [0.15, 0.2) is 0 Å². The third kappa shape index (κ3) is 24.0. The molecule has 11 rings (SSSR count). The second-order valence-corrected chi connectivity index (χ2v) is 29.6. The average Bonchev–Trinajstić information content (AvgIpc) is 1.57. The van der Waals surface area contributed by atoms with Crippen LogP contribution in [-0.2, 0) is 10.8 Å². The maximum Gasteiger partial charge on any atom is 0.0806 e. The molecule has 5 heterocycles. The number of aromatic amines is 2. The number of H-pyrrole nitrogens is 2. The number of hydrogen-bond donors (Lipinski definition) is 2. The molecule has 4 aliphatic rings. The quantitative estimate of drug-likeness (QED) is 0.0326. The van der Waals surface area contributed by atoms with Crippen molar-refractivity contribution in [2.45, 2.75) is 224 Å². The lowest BCUT2D eigenvalue weighted by atomic mass is 9.70. The second-order valence-electron chi connectivity index (χ2n) is 29.6. The standard InChI is InChI=1S/C111H96N4/c1-5-8-11-14-17-20-23-26-29-30-31-32-33-34-35-36-37-38-39-40-41-42-43-44-45-48-51-54-57-64-83-110(4)100-69-62-60-67-96(100)98-77-71-90(86-102(98)110)108-104-79-73-92(112-104)88-94-75-81-106(114-94)109(107-82-76-95(115-107)89-93-74-80-105(108)113-93)91-72-78-99-97-68-61-63-70-101(97)111(103(99)87-91,84-65-58-55-52-49-46-27-24-21-18-15-12-9-6-2)85-66-59-56-53-50-47-28-25-22-19-16-13-10-7-3/h1,60-63,67-82,86-89,112,115H,6-7,9-10,12-13,15-16,18-19,21-22,24-25,27-28,46-47,49-50,52-53,55-56,58-59,65-66,84-85H2,2-4H3. The van der Waals surface area contributed by atoms with Gasteiger partial charge < -0.3 is 9.97 Å². The van der Waals surface area contributed by atoms with Gasteiger partial charge >= 0.3 is 0 Å². The SMILES string of the molecule is C#CC#CC#CC#CC#CC#CC#CC#CC#CC#CC#CC#CC#CC#CC#CC#CC1(C)c2ccccc2-c2ccc(-c3c4nc(cc5ccc([nH]5)c(-c5ccc6c(c5)C(CCCCCCCCCCCCCCCC)(CCCCCCCCCCCCCCCC)c5ccccc5-6)c5nc(cc6ccc3[nH]6)C=C5)C=C4)cc21. The Hall–Kier alpha value is -13.6. The van der Waals surface area contributed by atoms with Gasteiger partial charge in [0.05, 0.1) is 28.2 Å². The molecule has 0 radical (unpaired) electrons. The van der Waals surface area contributed by atoms with E-state index < -0.39 is 5.41 Å². The molecule has 4 aromatic carbocycles. The number of nitrogens with one attached hydrogen (secondary N) is 2. The topological polar surface area (TPSA) is 57.4 Å². The molecule has 2 N–H and O–H groups in total. The summed E-state index contributed by atoms with van der Waals surface area (Å²) in [5.41, 5.74) is 21.2. The molecule has 2 aliphatic heterocycles. The van der Waals surface area contributed by atoms with E-state index in [-0.39, 0.29) is 5.41 Å². The van der Waals surface area contributed by atoms with Gasteiger partial charge in [0.2, 0.25) is 0 Å². The molecule has 560 valence electrons. The molecule has 4 nitrogen and oxygen atoms in total. The molecule has 7 aromatic rings. The van der Waals surface area contributed by atoms with Gasteiger partial charge in [-0.3, -0.25) is 0 Å². The summed E-state index contributed by atoms with van der Waals surface area (Å²) in [5.74, 6) is 81.5. The van der Waals surface area contributed by atoms with Crippen molar-refractivity contribution in [1.82, 2.24) is 19.9 Å². The average molecular weight is 1490 g/mol. The Morgan fingerprint density at radius 2 is 0.609 bits per heavy atom. The summed E-state index contributed by atoms with van der Waals surface area (Å²) in [6.07, 6.45) is 54.1. The van der Waals surface area contributed by atoms with Crippen molar-refractivity contribution in [3.05, 3.63) is 166 Å². The van der Waals surface area contributed by atoms with Crippen LogP contribution in [0.5, 0.6) is 0 Å². The van der Waals surface area contributed by atoms with Gasteiger partial charge in [0, 0.05) is 121 Å². The van der Waals surface area contributed by atoms with E-state index in [9.17, 15) is 0 Å². The van der Waals surface area contributed by atoms with Crippen molar-refractivity contribution in [1.29, 1.82) is 0 Å². The predicted molar refractivity (Wildman–Crippen MR) is 483 cm³/mol. The molecule has 0 spiro atoms. The summed E-state index contributed by atoms with van der Waals surface area (Å²) in [7, 11) is 0. The lowest BCUT2D eigenvalue weighted by Gasteiger charge is -2.33. The Labute approximate surface area is 686 Å². The normalized spacial score (nSPS) is 12.2. The molecular formula is C111H96N4. The summed E-state index contributed by atoms with van der Waals surface area (Å²) < 4.78 is 0. The number of hydrogen-bond acceptors (Lipinski definition) is 2. The van der Waals surface area contributed by atoms with Gasteiger partial charge in [-0.25, -0.2) is 9.97 Å². The first-order chi connectivity index (χ1) is 56.9. The van der Waals surface area contributed by atoms with Gasteiger partial charge in [0.25, 0.3) is 0 Å². The molecule has 2 aliphatic carbocycles. The smallest absolute Gasteiger partial charge is 0.0806 e. The summed E-state index contributed by atoms with van der Waals surface area (Å²) in [5, 5.41) is 0. The zero-order chi connectivity index (χ0) is 79.5. The van der Waals surface area contributed by atoms with E-state index in [2.05, 4.69) is 360 Å². The van der Waals surface area contributed by atoms with Crippen LogP contribution in [0.1, 0.15) is 258 Å². The third-order valence-electron chi connectivity index (χ3n) is 21.6. The third-order valence-corrected chi connectivity index (χ3v) is 21.6. The highest BCUT2D eigenvalue weighted by Crippen LogP contribution is 2.56. The van der Waals surface area contributed by atoms with E-state index >= 15 is 0 Å². The Balaban J connectivity index is 0.812. The fourth-order valence-corrected chi connectivity index (χ4v) is 16.0. The van der Waals surface area contributed by atoms with Crippen molar-refractivity contribution in [2.24, 2.45) is 0 Å². The number of benzene rings is 4. The van der Waals surface area contributed by atoms with Crippen LogP contribution in [-0.4, -0.2) is 19.9 Å². The largest absolute Gasteiger partial charge is 0.355 e. The maximum absolute atomic E-state index is 5.50. The van der Waals surface area contributed by atoms with E-state index in [0.717, 1.165) is 83.8 Å². The summed E-state index contributed by atoms with van der Waals surface area (Å²) >= 11 is 0. The minimum atomic E-state index is -0.693. The number of terminal acetylenes is 1. The van der Waals surface area contributed by atoms with E-state index in [1.807, 2.05) is 0 Å². The second kappa shape index (κ2) is 45.7. The van der Waals surface area contributed by atoms with Crippen molar-refractivity contribution in [3.63, 3.8) is 0 Å². The lowest BCUT2D eigenvalue weighted by Crippen LogP contribution is -2.25. The van der Waals surface area contributed by atoms with E-state index in [0.29, 0.717) is 0 Å². The molecule has 0 saturated carbocycles. The maximum atomic E-state index is 5.50. The molecule has 115 heavy (non-hydrogen) atoms. The Morgan fingerprint density at radius 3 is 0.991 bits per heavy atom. The highest BCUT2D eigenvalue weighted by Gasteiger charge is 2.43. The van der Waals surface area contributed by atoms with Crippen LogP contribution >= 0.6 is 0 Å². The minimum absolute atomic E-state index is 0.0668. The number of fused-ring (bicyclic) bond motifs is 14. The molecule has 1 unspecified atom stereocenters. The number of aromatic nitrogens is 4. The fourth-order valence-electron chi connectivity index (χ4n) is 16.0. The van der Waals surface area contributed by atoms with Crippen LogP contribution in [0.3, 0.4) is 0 Å². The molecule has 0 saturated heterocycles. The van der Waals surface area contributed by atoms with Crippen LogP contribution in [0, 0.1) is 190 Å². The van der Waals surface area contributed by atoms with Crippen LogP contribution in [0.25, 0.3) is 90.9 Å². The highest BCUT2D eigenvalue weighted by atomic mass is 14.8. The zero-order valence-corrected chi connectivity index (χ0v) is 67.0. The lowest BCUT2D eigenvalue weighted by molar-refractivity contribution is 0.397. The van der Waals surface area contributed by atoms with Crippen molar-refractivity contribution < 1.29 is 0 Å². The first-order valence-electron chi connectivity index (χ1n) is 41.5. The van der Waals surface area contributed by atoms with Gasteiger partial charge in [-0.05, 0) is 243 Å². The van der Waals surface area contributed by atoms with Gasteiger partial charge in [-0.15, -0.1) is 6.42 Å². The monoisotopic (exact) mass is 1480 g/mol. The van der Waals surface area contributed by atoms with Gasteiger partial charge in [-0.1, -0.05) is 272 Å². The molecule has 0 fully saturated rings. The van der Waals surface area contributed by atoms with Gasteiger partial charge in [-0.2, -0.15) is 0 Å². The first-order valence-corrected chi connectivity index (χ1v) is 41.5. The van der Waals surface area contributed by atoms with Crippen molar-refractivity contribution in [3.8, 4) is 234 Å². The minimum Gasteiger partial charge on any atom is -0.355 e. The Kier molecular flexibility index (Phi) is 32.7. The zero-order valence-electron chi connectivity index (χ0n) is 67.0. The number of rotatable bonds is 32. The molecular weight excluding hydrogens is 1390 g/mol. The summed E-state index contributed by atoms with van der Waals surface area (Å²) in [6, 6.07) is 45.1. The van der Waals surface area contributed by atoms with E-state index in [1.54, 1.807) is 0 Å². The van der Waals surface area contributed by atoms with Crippen LogP contribution in [0.4, 0.5) is 0 Å². The van der Waals surface area contributed by atoms with E-state index in [4.69, 9.17) is 16.4 Å². The molecule has 4 heteroatoms. The first kappa shape index (κ1) is 82.4. The number of unbranched alkanes of at least 4 members (excludes halogenated alkanes) is 26. The van der Waals surface area contributed by atoms with Crippen LogP contribution < -0.4 is 0 Å². The van der Waals surface area contributed by atoms with Crippen molar-refractivity contribution in [2.75, 3.05) is 0 Å². The molecule has 8 bridgehead atoms. The molecule has 3 aromatic heterocycles. The number of nitrogens with zero attached hydrogens (tertiary/aromatic N) is 2. The summed E-state index contributed by atoms with van der Waals surface area (Å²) in [6.45, 7) is 6.79. The molecule has 1 atom stereocenters. The van der Waals surface area contributed by atoms with Crippen molar-refractivity contribution >= 4 is 46.4 Å². The Bertz CT molecular complexity index is 6040.